The van der Waals surface area contributed by atoms with Crippen LogP contribution in [0, 0.1) is 29.6 Å². The van der Waals surface area contributed by atoms with Crippen molar-refractivity contribution in [1.29, 1.82) is 0 Å². The van der Waals surface area contributed by atoms with Gasteiger partial charge in [0, 0.05) is 11.3 Å². The molecule has 4 rings (SSSR count). The van der Waals surface area contributed by atoms with E-state index in [2.05, 4.69) is 30.7 Å². The molecule has 0 spiro atoms. The molecule has 2 aromatic carbocycles. The molecule has 0 saturated heterocycles. The molecule has 3 atom stereocenters. The van der Waals surface area contributed by atoms with Crippen molar-refractivity contribution in [1.82, 2.24) is 5.32 Å². The highest BCUT2D eigenvalue weighted by Gasteiger charge is 2.27. The number of carbonyl (C=O) groups is 2. The molecule has 1 amide bonds. The molecule has 2 unspecified atom stereocenters. The van der Waals surface area contributed by atoms with Gasteiger partial charge >= 0.3 is 5.97 Å². The van der Waals surface area contributed by atoms with Crippen molar-refractivity contribution in [2.24, 2.45) is 17.8 Å². The maximum atomic E-state index is 13.2. The van der Waals surface area contributed by atoms with Gasteiger partial charge < -0.3 is 15.2 Å². The highest BCUT2D eigenvalue weighted by molar-refractivity contribution is 6.04. The summed E-state index contributed by atoms with van der Waals surface area (Å²) in [5, 5.41) is 14.3. The molecule has 0 heterocycles. The number of ether oxygens (including phenoxy) is 1. The van der Waals surface area contributed by atoms with Crippen LogP contribution in [0.5, 0.6) is 5.75 Å². The number of allylic oxidation sites excluding steroid dienone is 1. The summed E-state index contributed by atoms with van der Waals surface area (Å²) in [6.45, 7) is 6.54. The number of hydrogen-bond acceptors (Lipinski definition) is 3. The van der Waals surface area contributed by atoms with Crippen molar-refractivity contribution in [2.45, 2.75) is 57.9 Å². The topological polar surface area (TPSA) is 75.6 Å². The second kappa shape index (κ2) is 10.8. The summed E-state index contributed by atoms with van der Waals surface area (Å²) in [7, 11) is 0. The summed E-state index contributed by atoms with van der Waals surface area (Å²) in [4.78, 5) is 25.2. The minimum atomic E-state index is -1.02. The number of fused-ring (bicyclic) bond motifs is 1. The van der Waals surface area contributed by atoms with Crippen molar-refractivity contribution in [3.8, 4) is 17.6 Å². The second-order valence-electron chi connectivity index (χ2n) is 9.85. The number of carbonyl (C=O) groups excluding carboxylic acids is 1. The first-order valence-electron chi connectivity index (χ1n) is 12.2. The zero-order valence-corrected chi connectivity index (χ0v) is 19.8. The fourth-order valence-electron chi connectivity index (χ4n) is 4.93. The first kappa shape index (κ1) is 23.9. The molecule has 2 aromatic rings. The molecule has 5 nitrogen and oxygen atoms in total. The Morgan fingerprint density at radius 1 is 1.21 bits per heavy atom. The van der Waals surface area contributed by atoms with Crippen LogP contribution >= 0.6 is 0 Å². The standard InChI is InChI=1S/C29H33NO4/c1-19-16-20(2)18-22(17-19)11-14-26(29(32)33)30-28(31)25-13-12-23-7-3-4-8-24(23)27(25)34-15-5-6-21-9-10-21/h3-4,7-8,12-13,20-22,26H,1,9-11,14-18H2,2H3,(H,30,31)(H,32,33)/t20?,22?,26-/m0/s1. The van der Waals surface area contributed by atoms with Gasteiger partial charge in [0.1, 0.15) is 18.4 Å². The van der Waals surface area contributed by atoms with Crippen molar-refractivity contribution < 1.29 is 19.4 Å². The Morgan fingerprint density at radius 2 is 2.00 bits per heavy atom. The average Bonchev–Trinajstić information content (AvgIpc) is 3.63. The van der Waals surface area contributed by atoms with Gasteiger partial charge in [-0.1, -0.05) is 61.2 Å². The first-order chi connectivity index (χ1) is 16.4. The van der Waals surface area contributed by atoms with E-state index in [1.54, 1.807) is 6.07 Å². The quantitative estimate of drug-likeness (QED) is 0.399. The van der Waals surface area contributed by atoms with E-state index >= 15 is 0 Å². The number of nitrogens with one attached hydrogen (secondary N) is 1. The van der Waals surface area contributed by atoms with Crippen molar-refractivity contribution >= 4 is 22.6 Å². The Labute approximate surface area is 201 Å². The molecule has 2 N–H and O–H groups in total. The fraction of sp³-hybridized carbons (Fsp3) is 0.448. The van der Waals surface area contributed by atoms with Crippen molar-refractivity contribution in [3.05, 3.63) is 54.1 Å². The molecule has 34 heavy (non-hydrogen) atoms. The van der Waals surface area contributed by atoms with Crippen molar-refractivity contribution in [2.75, 3.05) is 6.61 Å². The van der Waals surface area contributed by atoms with E-state index in [1.165, 1.54) is 5.57 Å². The zero-order valence-electron chi connectivity index (χ0n) is 19.8. The molecule has 0 aromatic heterocycles. The molecule has 0 aliphatic heterocycles. The largest absolute Gasteiger partial charge is 0.480 e. The molecule has 0 bridgehead atoms. The normalized spacial score (nSPS) is 20.8. The van der Waals surface area contributed by atoms with Gasteiger partial charge in [0.25, 0.3) is 5.91 Å². The Morgan fingerprint density at radius 3 is 2.74 bits per heavy atom. The van der Waals surface area contributed by atoms with Crippen LogP contribution in [0.25, 0.3) is 10.8 Å². The SMILES string of the molecule is C=C1CC(C)CC(CC[C@H](NC(=O)c2ccc3ccccc3c2OCC#CC2CC2)C(=O)O)C1. The van der Waals surface area contributed by atoms with E-state index in [4.69, 9.17) is 4.74 Å². The first-order valence-corrected chi connectivity index (χ1v) is 12.2. The molecule has 178 valence electrons. The molecule has 2 aliphatic carbocycles. The number of carboxylic acid groups (broad SMARTS) is 1. The third-order valence-electron chi connectivity index (χ3n) is 6.71. The molecule has 0 radical (unpaired) electrons. The number of rotatable bonds is 8. The lowest BCUT2D eigenvalue weighted by Gasteiger charge is -2.29. The Hall–Kier alpha value is -3.26. The van der Waals surface area contributed by atoms with Gasteiger partial charge in [-0.25, -0.2) is 4.79 Å². The van der Waals surface area contributed by atoms with Crippen LogP contribution in [-0.4, -0.2) is 29.6 Å². The molecule has 2 aliphatic rings. The summed E-state index contributed by atoms with van der Waals surface area (Å²) in [6, 6.07) is 10.3. The van der Waals surface area contributed by atoms with E-state index in [1.807, 2.05) is 30.3 Å². The second-order valence-corrected chi connectivity index (χ2v) is 9.85. The van der Waals surface area contributed by atoms with E-state index in [0.29, 0.717) is 35.5 Å². The van der Waals surface area contributed by atoms with Gasteiger partial charge in [0.15, 0.2) is 0 Å². The lowest BCUT2D eigenvalue weighted by Crippen LogP contribution is -2.41. The van der Waals surface area contributed by atoms with Crippen LogP contribution in [0.3, 0.4) is 0 Å². The van der Waals surface area contributed by atoms with Crippen LogP contribution in [0.2, 0.25) is 0 Å². The third kappa shape index (κ3) is 6.20. The minimum absolute atomic E-state index is 0.191. The Bertz CT molecular complexity index is 1140. The predicted molar refractivity (Wildman–Crippen MR) is 134 cm³/mol. The lowest BCUT2D eigenvalue weighted by molar-refractivity contribution is -0.139. The number of aliphatic carboxylic acids is 1. The molecular weight excluding hydrogens is 426 g/mol. The monoisotopic (exact) mass is 459 g/mol. The summed E-state index contributed by atoms with van der Waals surface area (Å²) in [5.41, 5.74) is 1.57. The van der Waals surface area contributed by atoms with E-state index in [0.717, 1.165) is 49.3 Å². The number of carboxylic acids is 1. The smallest absolute Gasteiger partial charge is 0.326 e. The van der Waals surface area contributed by atoms with Crippen molar-refractivity contribution in [3.63, 3.8) is 0 Å². The number of amides is 1. The fourth-order valence-corrected chi connectivity index (χ4v) is 4.93. The molecule has 2 saturated carbocycles. The van der Waals surface area contributed by atoms with Gasteiger partial charge in [0.05, 0.1) is 5.56 Å². The Balaban J connectivity index is 1.48. The summed E-state index contributed by atoms with van der Waals surface area (Å²) >= 11 is 0. The lowest BCUT2D eigenvalue weighted by atomic mass is 9.77. The van der Waals surface area contributed by atoms with Gasteiger partial charge in [0.2, 0.25) is 0 Å². The summed E-state index contributed by atoms with van der Waals surface area (Å²) < 4.78 is 5.98. The number of hydrogen-bond donors (Lipinski definition) is 2. The Kier molecular flexibility index (Phi) is 7.57. The van der Waals surface area contributed by atoms with Crippen LogP contribution in [0.4, 0.5) is 0 Å². The summed E-state index contributed by atoms with van der Waals surface area (Å²) in [5.74, 6) is 6.66. The maximum Gasteiger partial charge on any atom is 0.326 e. The zero-order chi connectivity index (χ0) is 24.1. The van der Waals surface area contributed by atoms with Crippen LogP contribution in [-0.2, 0) is 4.79 Å². The van der Waals surface area contributed by atoms with E-state index in [9.17, 15) is 14.7 Å². The molecular formula is C29H33NO4. The van der Waals surface area contributed by atoms with E-state index < -0.39 is 17.9 Å². The number of benzene rings is 2. The van der Waals surface area contributed by atoms with Crippen LogP contribution in [0.1, 0.15) is 62.2 Å². The summed E-state index contributed by atoms with van der Waals surface area (Å²) in [6.07, 6.45) is 6.48. The third-order valence-corrected chi connectivity index (χ3v) is 6.71. The van der Waals surface area contributed by atoms with Crippen LogP contribution < -0.4 is 10.1 Å². The van der Waals surface area contributed by atoms with Gasteiger partial charge in [-0.05, 0) is 68.2 Å². The maximum absolute atomic E-state index is 13.2. The van der Waals surface area contributed by atoms with Gasteiger partial charge in [-0.2, -0.15) is 0 Å². The highest BCUT2D eigenvalue weighted by Crippen LogP contribution is 2.35. The van der Waals surface area contributed by atoms with Gasteiger partial charge in [-0.3, -0.25) is 4.79 Å². The highest BCUT2D eigenvalue weighted by atomic mass is 16.5. The van der Waals surface area contributed by atoms with Gasteiger partial charge in [-0.15, -0.1) is 0 Å². The van der Waals surface area contributed by atoms with E-state index in [-0.39, 0.29) is 6.61 Å². The average molecular weight is 460 g/mol. The minimum Gasteiger partial charge on any atom is -0.480 e. The molecule has 2 fully saturated rings. The predicted octanol–water partition coefficient (Wildman–Crippen LogP) is 5.59. The molecule has 5 heteroatoms. The van der Waals surface area contributed by atoms with Crippen LogP contribution in [0.15, 0.2) is 48.6 Å².